The number of nitrogens with one attached hydrogen (secondary N) is 1. The van der Waals surface area contributed by atoms with Crippen LogP contribution in [0.2, 0.25) is 5.15 Å². The summed E-state index contributed by atoms with van der Waals surface area (Å²) < 4.78 is 73.8. The lowest BCUT2D eigenvalue weighted by Gasteiger charge is -2.32. The first kappa shape index (κ1) is 15.8. The summed E-state index contributed by atoms with van der Waals surface area (Å²) in [5, 5.41) is 16.8. The molecule has 11 heteroatoms. The Bertz CT molecular complexity index is 418. The predicted octanol–water partition coefficient (Wildman–Crippen LogP) is 2.40. The van der Waals surface area contributed by atoms with Gasteiger partial charge in [0.1, 0.15) is 5.82 Å². The van der Waals surface area contributed by atoms with Crippen LogP contribution in [0.3, 0.4) is 0 Å². The third-order valence-corrected chi connectivity index (χ3v) is 2.30. The van der Waals surface area contributed by atoms with Gasteiger partial charge in [-0.05, 0) is 12.1 Å². The Morgan fingerprint density at radius 2 is 1.58 bits per heavy atom. The van der Waals surface area contributed by atoms with E-state index in [1.807, 2.05) is 0 Å². The summed E-state index contributed by atoms with van der Waals surface area (Å²) in [4.78, 5) is 0. The average Bonchev–Trinajstić information content (AvgIpc) is 2.24. The van der Waals surface area contributed by atoms with E-state index in [0.29, 0.717) is 0 Å². The minimum atomic E-state index is -5.89. The number of hydrogen-bond donors (Lipinski definition) is 2. The van der Waals surface area contributed by atoms with E-state index >= 15 is 0 Å². The molecule has 19 heavy (non-hydrogen) atoms. The van der Waals surface area contributed by atoms with E-state index < -0.39 is 30.3 Å². The van der Waals surface area contributed by atoms with Crippen molar-refractivity contribution in [2.24, 2.45) is 0 Å². The summed E-state index contributed by atoms with van der Waals surface area (Å²) in [7, 11) is 0. The Morgan fingerprint density at radius 3 is 1.95 bits per heavy atom. The molecule has 0 fully saturated rings. The molecule has 1 rings (SSSR count). The van der Waals surface area contributed by atoms with Crippen LogP contribution < -0.4 is 5.32 Å². The second kappa shape index (κ2) is 5.00. The van der Waals surface area contributed by atoms with E-state index in [1.54, 1.807) is 5.32 Å². The molecule has 0 amide bonds. The molecule has 1 aromatic rings. The number of halogens is 7. The van der Waals surface area contributed by atoms with Gasteiger partial charge >= 0.3 is 12.4 Å². The molecular formula is C8H6ClF6N3O. The summed E-state index contributed by atoms with van der Waals surface area (Å²) in [5.41, 5.74) is -4.89. The Balaban J connectivity index is 2.89. The molecule has 0 aliphatic carbocycles. The summed E-state index contributed by atoms with van der Waals surface area (Å²) in [5.74, 6) is -0.392. The fourth-order valence-electron chi connectivity index (χ4n) is 0.990. The van der Waals surface area contributed by atoms with Crippen molar-refractivity contribution in [2.45, 2.75) is 18.0 Å². The number of rotatable bonds is 3. The van der Waals surface area contributed by atoms with E-state index in [1.165, 1.54) is 0 Å². The largest absolute Gasteiger partial charge is 0.428 e. The number of hydrogen-bond acceptors (Lipinski definition) is 4. The first-order valence-corrected chi connectivity index (χ1v) is 4.94. The monoisotopic (exact) mass is 309 g/mol. The maximum Gasteiger partial charge on any atom is 0.428 e. The molecule has 2 N–H and O–H groups in total. The molecule has 108 valence electrons. The van der Waals surface area contributed by atoms with Gasteiger partial charge in [-0.2, -0.15) is 26.3 Å². The first-order chi connectivity index (χ1) is 8.47. The topological polar surface area (TPSA) is 58.0 Å². The highest BCUT2D eigenvalue weighted by Crippen LogP contribution is 2.42. The molecule has 0 saturated heterocycles. The van der Waals surface area contributed by atoms with Gasteiger partial charge in [-0.1, -0.05) is 11.6 Å². The fourth-order valence-corrected chi connectivity index (χ4v) is 1.09. The third kappa shape index (κ3) is 3.38. The Morgan fingerprint density at radius 1 is 1.05 bits per heavy atom. The molecule has 0 spiro atoms. The van der Waals surface area contributed by atoms with Crippen molar-refractivity contribution in [3.8, 4) is 0 Å². The minimum absolute atomic E-state index is 0.0903. The van der Waals surface area contributed by atoms with Crippen LogP contribution in [-0.4, -0.2) is 39.8 Å². The second-order valence-corrected chi connectivity index (χ2v) is 3.84. The smallest absolute Gasteiger partial charge is 0.372 e. The van der Waals surface area contributed by atoms with Crippen LogP contribution in [0, 0.1) is 0 Å². The lowest BCUT2D eigenvalue weighted by atomic mass is 10.0. The molecule has 0 bridgehead atoms. The number of aromatic nitrogens is 2. The van der Waals surface area contributed by atoms with Crippen molar-refractivity contribution in [3.05, 3.63) is 17.3 Å². The third-order valence-electron chi connectivity index (χ3n) is 2.10. The van der Waals surface area contributed by atoms with Crippen LogP contribution >= 0.6 is 11.6 Å². The fraction of sp³-hybridized carbons (Fsp3) is 0.500. The molecule has 0 saturated carbocycles. The van der Waals surface area contributed by atoms with Crippen molar-refractivity contribution < 1.29 is 31.4 Å². The van der Waals surface area contributed by atoms with Crippen molar-refractivity contribution in [1.29, 1.82) is 0 Å². The number of anilines is 1. The zero-order chi connectivity index (χ0) is 14.9. The van der Waals surface area contributed by atoms with E-state index in [9.17, 15) is 26.3 Å². The lowest BCUT2D eigenvalue weighted by Crippen LogP contribution is -2.61. The van der Waals surface area contributed by atoms with Gasteiger partial charge in [0.05, 0.1) is 6.54 Å². The van der Waals surface area contributed by atoms with Crippen LogP contribution in [0.4, 0.5) is 32.2 Å². The highest BCUT2D eigenvalue weighted by molar-refractivity contribution is 6.29. The zero-order valence-electron chi connectivity index (χ0n) is 8.85. The van der Waals surface area contributed by atoms with Gasteiger partial charge < -0.3 is 10.4 Å². The van der Waals surface area contributed by atoms with Crippen molar-refractivity contribution >= 4 is 17.4 Å². The van der Waals surface area contributed by atoms with Crippen LogP contribution in [-0.2, 0) is 0 Å². The number of aliphatic hydroxyl groups is 1. The van der Waals surface area contributed by atoms with Gasteiger partial charge in [-0.25, -0.2) is 0 Å². The highest BCUT2D eigenvalue weighted by Gasteiger charge is 2.70. The zero-order valence-corrected chi connectivity index (χ0v) is 9.61. The van der Waals surface area contributed by atoms with E-state index in [0.717, 1.165) is 12.1 Å². The molecule has 1 heterocycles. The summed E-state index contributed by atoms with van der Waals surface area (Å²) >= 11 is 5.34. The number of alkyl halides is 6. The molecular weight excluding hydrogens is 304 g/mol. The normalized spacial score (nSPS) is 13.5. The van der Waals surface area contributed by atoms with Crippen LogP contribution in [0.1, 0.15) is 0 Å². The minimum Gasteiger partial charge on any atom is -0.372 e. The standard InChI is InChI=1S/C8H6ClF6N3O/c9-4-1-2-5(18-17-4)16-3-6(19,7(10,11)12)8(13,14)15/h1-2,19H,3H2,(H,16,18). The summed E-state index contributed by atoms with van der Waals surface area (Å²) in [6.07, 6.45) is -11.8. The molecule has 0 aromatic carbocycles. The van der Waals surface area contributed by atoms with Crippen molar-refractivity contribution in [3.63, 3.8) is 0 Å². The van der Waals surface area contributed by atoms with Gasteiger partial charge in [0.2, 0.25) is 0 Å². The van der Waals surface area contributed by atoms with E-state index in [-0.39, 0.29) is 5.15 Å². The van der Waals surface area contributed by atoms with Crippen LogP contribution in [0.25, 0.3) is 0 Å². The van der Waals surface area contributed by atoms with Gasteiger partial charge in [-0.15, -0.1) is 10.2 Å². The average molecular weight is 310 g/mol. The van der Waals surface area contributed by atoms with Gasteiger partial charge in [-0.3, -0.25) is 0 Å². The van der Waals surface area contributed by atoms with Crippen molar-refractivity contribution in [2.75, 3.05) is 11.9 Å². The van der Waals surface area contributed by atoms with E-state index in [4.69, 9.17) is 16.7 Å². The molecule has 0 radical (unpaired) electrons. The second-order valence-electron chi connectivity index (χ2n) is 3.45. The Labute approximate surface area is 107 Å². The first-order valence-electron chi connectivity index (χ1n) is 4.56. The van der Waals surface area contributed by atoms with Crippen LogP contribution in [0.5, 0.6) is 0 Å². The molecule has 4 nitrogen and oxygen atoms in total. The van der Waals surface area contributed by atoms with E-state index in [2.05, 4.69) is 10.2 Å². The van der Waals surface area contributed by atoms with Gasteiger partial charge in [0.25, 0.3) is 5.60 Å². The maximum atomic E-state index is 12.3. The lowest BCUT2D eigenvalue weighted by molar-refractivity contribution is -0.362. The molecule has 1 aromatic heterocycles. The van der Waals surface area contributed by atoms with Gasteiger partial charge in [0.15, 0.2) is 5.15 Å². The molecule has 0 unspecified atom stereocenters. The van der Waals surface area contributed by atoms with Crippen molar-refractivity contribution in [1.82, 2.24) is 10.2 Å². The quantitative estimate of drug-likeness (QED) is 0.842. The highest BCUT2D eigenvalue weighted by atomic mass is 35.5. The van der Waals surface area contributed by atoms with Crippen LogP contribution in [0.15, 0.2) is 12.1 Å². The summed E-state index contributed by atoms with van der Waals surface area (Å²) in [6, 6.07) is 2.12. The SMILES string of the molecule is OC(CNc1ccc(Cl)nn1)(C(F)(F)F)C(F)(F)F. The van der Waals surface area contributed by atoms with Gasteiger partial charge in [0, 0.05) is 0 Å². The molecule has 0 aliphatic rings. The molecule has 0 atom stereocenters. The molecule has 0 aliphatic heterocycles. The Hall–Kier alpha value is -1.29. The number of nitrogens with zero attached hydrogens (tertiary/aromatic N) is 2. The predicted molar refractivity (Wildman–Crippen MR) is 52.6 cm³/mol. The summed E-state index contributed by atoms with van der Waals surface area (Å²) in [6.45, 7) is -1.85. The Kier molecular flexibility index (Phi) is 4.15. The maximum absolute atomic E-state index is 12.3.